The van der Waals surface area contributed by atoms with Gasteiger partial charge in [-0.15, -0.1) is 0 Å². The molecule has 23 fully saturated rings. The summed E-state index contributed by atoms with van der Waals surface area (Å²) < 4.78 is 106. The molecule has 28 aliphatic rings. The molecule has 21 nitrogen and oxygen atoms in total. The third kappa shape index (κ3) is 14.5. The Labute approximate surface area is 831 Å². The molecule has 27 atom stereocenters. The van der Waals surface area contributed by atoms with Crippen LogP contribution >= 0.6 is 0 Å². The second kappa shape index (κ2) is 34.1. The van der Waals surface area contributed by atoms with Crippen LogP contribution in [0, 0.1) is 143 Å². The van der Waals surface area contributed by atoms with Crippen molar-refractivity contribution in [3.63, 3.8) is 0 Å². The minimum Gasteiger partial charge on any atom is -0.410 e. The van der Waals surface area contributed by atoms with Crippen LogP contribution < -0.4 is 0 Å². The molecular formula is C117H174O21Si. The SMILES string of the molecule is CC(C)(C)[Si](C)(C)O[C@H]1C=C2CC3(CC[C@]2(C)C2CC[C@@]4(C)C(CCC45OCCO5)C21)OCCO3.C[C@]12CCC(=O)C=C1CCC1C2CC[C@]2(C)C(=O)CCC12.C[C@]12CCC3(CC1=CC(=O)C1C2CC[C@@]2(C)C1CCC21OCCO1)OCCO3.C[C@]12CCC3(CC1=CCC1C2CC[C@@]2(C)C1CCC21OCCO1)OCCO3.C[C@]12CCC3(CC1=C[C@H](O)C1C2CC[C@@]2(C)C1CCC21OCCO1)OCCO3. The molecule has 22 heteroatoms. The number of hydrogen-bond acceptors (Lipinski definition) is 21. The highest BCUT2D eigenvalue weighted by molar-refractivity contribution is 6.74. The van der Waals surface area contributed by atoms with Crippen LogP contribution in [0.15, 0.2) is 58.2 Å². The quantitative estimate of drug-likeness (QED) is 0.200. The number of hydrogen-bond donors (Lipinski definition) is 1. The molecule has 0 bridgehead atoms. The maximum absolute atomic E-state index is 13.5. The Morgan fingerprint density at radius 1 is 0.317 bits per heavy atom. The molecule has 772 valence electrons. The van der Waals surface area contributed by atoms with E-state index in [-0.39, 0.29) is 89.3 Å². The maximum Gasteiger partial charge on any atom is 0.192 e. The summed E-state index contributed by atoms with van der Waals surface area (Å²) in [5, 5.41) is 11.5. The first kappa shape index (κ1) is 98.2. The molecule has 0 aromatic carbocycles. The molecule has 0 aromatic heterocycles. The van der Waals surface area contributed by atoms with Crippen molar-refractivity contribution < 1.29 is 99.7 Å². The summed E-state index contributed by atoms with van der Waals surface area (Å²) >= 11 is 0. The van der Waals surface area contributed by atoms with E-state index in [0.717, 1.165) is 244 Å². The average molecular weight is 1940 g/mol. The lowest BCUT2D eigenvalue weighted by Crippen LogP contribution is -2.60. The van der Waals surface area contributed by atoms with Crippen molar-refractivity contribution in [2.45, 2.75) is 404 Å². The van der Waals surface area contributed by atoms with E-state index < -0.39 is 37.3 Å². The molecular weight excluding hydrogens is 1770 g/mol. The first-order chi connectivity index (χ1) is 66.1. The topological polar surface area (TPSA) is 228 Å². The van der Waals surface area contributed by atoms with Gasteiger partial charge in [-0.3, -0.25) is 14.4 Å². The Kier molecular flexibility index (Phi) is 24.1. The molecule has 8 saturated heterocycles. The highest BCUT2D eigenvalue weighted by Crippen LogP contribution is 2.77. The van der Waals surface area contributed by atoms with Gasteiger partial charge in [0.25, 0.3) is 0 Å². The van der Waals surface area contributed by atoms with E-state index >= 15 is 0 Å². The van der Waals surface area contributed by atoms with E-state index in [4.69, 9.17) is 80.2 Å². The van der Waals surface area contributed by atoms with E-state index in [9.17, 15) is 19.5 Å². The van der Waals surface area contributed by atoms with Crippen LogP contribution in [0.25, 0.3) is 0 Å². The van der Waals surface area contributed by atoms with E-state index in [0.29, 0.717) is 141 Å². The minimum absolute atomic E-state index is 0.0148. The number of Topliss-reactive ketones (excluding diaryl/α,β-unsaturated/α-hetero) is 1. The molecule has 0 amide bonds. The second-order valence-corrected chi connectivity index (χ2v) is 59.2. The third-order valence-corrected chi connectivity index (χ3v) is 53.1. The predicted molar refractivity (Wildman–Crippen MR) is 525 cm³/mol. The monoisotopic (exact) mass is 1940 g/mol. The van der Waals surface area contributed by atoms with Gasteiger partial charge in [0.15, 0.2) is 66.2 Å². The second-order valence-electron chi connectivity index (χ2n) is 54.4. The molecule has 8 aliphatic heterocycles. The van der Waals surface area contributed by atoms with Crippen LogP contribution in [0.2, 0.25) is 18.1 Å². The number of aliphatic hydroxyl groups excluding tert-OH is 1. The molecule has 28 rings (SSSR count). The largest absolute Gasteiger partial charge is 0.410 e. The van der Waals surface area contributed by atoms with Gasteiger partial charge in [0.1, 0.15) is 5.78 Å². The Hall–Kier alpha value is -2.79. The fourth-order valence-electron chi connectivity index (χ4n) is 39.6. The minimum atomic E-state index is -1.97. The van der Waals surface area contributed by atoms with Gasteiger partial charge in [-0.25, -0.2) is 0 Å². The summed E-state index contributed by atoms with van der Waals surface area (Å²) in [6, 6.07) is 0. The van der Waals surface area contributed by atoms with Gasteiger partial charge >= 0.3 is 0 Å². The number of carbonyl (C=O) groups is 3. The van der Waals surface area contributed by atoms with Crippen LogP contribution in [0.1, 0.15) is 328 Å². The first-order valence-electron chi connectivity index (χ1n) is 56.9. The normalized spacial score (nSPS) is 48.3. The highest BCUT2D eigenvalue weighted by Gasteiger charge is 2.75. The van der Waals surface area contributed by atoms with Crippen molar-refractivity contribution in [1.29, 1.82) is 0 Å². The van der Waals surface area contributed by atoms with Crippen LogP contribution in [-0.2, 0) is 94.6 Å². The molecule has 139 heavy (non-hydrogen) atoms. The van der Waals surface area contributed by atoms with Crippen molar-refractivity contribution >= 4 is 25.7 Å². The summed E-state index contributed by atoms with van der Waals surface area (Å²) in [6.07, 6.45) is 50.5. The number of ketones is 3. The molecule has 8 heterocycles. The van der Waals surface area contributed by atoms with Crippen molar-refractivity contribution in [1.82, 2.24) is 0 Å². The highest BCUT2D eigenvalue weighted by atomic mass is 28.4. The Morgan fingerprint density at radius 2 is 0.676 bits per heavy atom. The van der Waals surface area contributed by atoms with E-state index in [1.807, 2.05) is 12.2 Å². The first-order valence-corrected chi connectivity index (χ1v) is 59.8. The number of carbonyl (C=O) groups excluding carboxylic acids is 3. The zero-order chi connectivity index (χ0) is 96.5. The molecule has 0 radical (unpaired) electrons. The third-order valence-electron chi connectivity index (χ3n) is 48.7. The Bertz CT molecular complexity index is 4890. The summed E-state index contributed by atoms with van der Waals surface area (Å²) in [4.78, 5) is 37.6. The summed E-state index contributed by atoms with van der Waals surface area (Å²) in [5.41, 5.74) is 8.46. The maximum atomic E-state index is 13.5. The van der Waals surface area contributed by atoms with Crippen LogP contribution in [-0.4, -0.2) is 195 Å². The van der Waals surface area contributed by atoms with Gasteiger partial charge in [0.2, 0.25) is 0 Å². The summed E-state index contributed by atoms with van der Waals surface area (Å²) in [5.74, 6) is 6.32. The van der Waals surface area contributed by atoms with Gasteiger partial charge in [0, 0.05) is 123 Å². The molecule has 15 unspecified atom stereocenters. The Morgan fingerprint density at radius 3 is 1.17 bits per heavy atom. The lowest BCUT2D eigenvalue weighted by molar-refractivity contribution is -0.248. The van der Waals surface area contributed by atoms with Crippen molar-refractivity contribution in [3.05, 3.63) is 58.2 Å². The number of aliphatic hydroxyl groups is 1. The van der Waals surface area contributed by atoms with Crippen LogP contribution in [0.5, 0.6) is 0 Å². The van der Waals surface area contributed by atoms with Crippen LogP contribution in [0.3, 0.4) is 0 Å². The smallest absolute Gasteiger partial charge is 0.192 e. The van der Waals surface area contributed by atoms with Crippen molar-refractivity contribution in [2.24, 2.45) is 143 Å². The van der Waals surface area contributed by atoms with E-state index in [2.05, 4.69) is 121 Å². The standard InChI is InChI=1S/C29H48O5Si.C23H34O5.C23H32O5.C23H34O4.C19H26O2/c1-25(2,3)35(6,7)34-23-18-20-19-28(30-14-15-31-28)13-12-26(20,4)21-8-10-27(5)22(24(21)23)9-11-29(27)32-16-17-33-29;2*1-20-7-8-22(25-9-10-26-22)14-15(20)13-18(24)19-16(20)3-5-21(2)17(19)4-6-23(21)27-11-12-28-23;1-20-9-10-22(24-11-12-25-22)15-16(20)3-4-17-18(20)5-7-21(2)19(17)6-8-23(21)26-13-14-27-23;1-18-9-7-13(20)11-12(18)3-4-14-15-5-6-17(21)19(15,2)10-8-16(14)18/h18,21-24H,8-17,19H2,1-7H3;13,16-19,24H,3-12,14H2,1-2H3;13,16-17,19H,3-12,14H2,1-2H3;3,17-19H,4-15H2,1-2H3;11,14-16H,3-10H2,1-2H3/t21?,22?,23-,24?,26-,27-;16?,17?,18-,19?,20-,21-;16?,17?,19?,20-,21-;17?,18?,19?,20-,21-;14?,15?,16?,18-,19-/m00000/s1. The van der Waals surface area contributed by atoms with Crippen molar-refractivity contribution in [3.8, 4) is 0 Å². The van der Waals surface area contributed by atoms with Gasteiger partial charge in [0.05, 0.1) is 118 Å². The zero-order valence-electron chi connectivity index (χ0n) is 87.8. The van der Waals surface area contributed by atoms with E-state index in [1.165, 1.54) is 80.9 Å². The van der Waals surface area contributed by atoms with Gasteiger partial charge in [-0.2, -0.15) is 0 Å². The van der Waals surface area contributed by atoms with E-state index in [1.54, 1.807) is 11.1 Å². The molecule has 0 aromatic rings. The molecule has 15 saturated carbocycles. The van der Waals surface area contributed by atoms with Gasteiger partial charge < -0.3 is 85.3 Å². The lowest BCUT2D eigenvalue weighted by Gasteiger charge is -2.61. The lowest BCUT2D eigenvalue weighted by atomic mass is 9.47. The summed E-state index contributed by atoms with van der Waals surface area (Å²) in [6.45, 7) is 47.7. The zero-order valence-corrected chi connectivity index (χ0v) is 88.8. The fraction of sp³-hybridized carbons (Fsp3) is 0.889. The summed E-state index contributed by atoms with van der Waals surface area (Å²) in [7, 11) is -1.97. The molecule has 1 N–H and O–H groups in total. The number of ether oxygens (including phenoxy) is 16. The Balaban J connectivity index is 0.0000000951. The average Bonchev–Trinajstić information content (AvgIpc) is 1.58. The van der Waals surface area contributed by atoms with Crippen molar-refractivity contribution in [2.75, 3.05) is 106 Å². The van der Waals surface area contributed by atoms with Crippen LogP contribution in [0.4, 0.5) is 0 Å². The fourth-order valence-corrected chi connectivity index (χ4v) is 40.9. The molecule has 8 spiro atoms. The number of fused-ring (bicyclic) bond motifs is 29. The number of allylic oxidation sites excluding steroid dienone is 3. The van der Waals surface area contributed by atoms with Gasteiger partial charge in [-0.05, 0) is 288 Å². The predicted octanol–water partition coefficient (Wildman–Crippen LogP) is 22.0. The van der Waals surface area contributed by atoms with Gasteiger partial charge in [-0.1, -0.05) is 136 Å². The molecule has 20 aliphatic carbocycles. The number of rotatable bonds is 2.